The van der Waals surface area contributed by atoms with Crippen LogP contribution in [0.5, 0.6) is 0 Å². The molecule has 0 amide bonds. The maximum Gasteiger partial charge on any atom is 0.192 e. The first-order valence-corrected chi connectivity index (χ1v) is 8.81. The van der Waals surface area contributed by atoms with Gasteiger partial charge in [0, 0.05) is 6.04 Å². The third-order valence-electron chi connectivity index (χ3n) is 6.03. The van der Waals surface area contributed by atoms with Gasteiger partial charge in [0.05, 0.1) is 12.1 Å². The molecule has 0 aromatic carbocycles. The van der Waals surface area contributed by atoms with Gasteiger partial charge >= 0.3 is 0 Å². The zero-order valence-corrected chi connectivity index (χ0v) is 13.1. The number of guanidine groups is 1. The molecule has 114 valence electrons. The van der Waals surface area contributed by atoms with Crippen LogP contribution in [0.1, 0.15) is 77.6 Å². The minimum absolute atomic E-state index is 0.208. The maximum absolute atomic E-state index is 6.32. The van der Waals surface area contributed by atoms with Crippen molar-refractivity contribution in [2.75, 3.05) is 6.54 Å². The molecule has 0 aromatic rings. The highest BCUT2D eigenvalue weighted by molar-refractivity contribution is 5.81. The van der Waals surface area contributed by atoms with Crippen molar-refractivity contribution < 1.29 is 0 Å². The molecule has 1 heterocycles. The van der Waals surface area contributed by atoms with Gasteiger partial charge in [0.25, 0.3) is 0 Å². The monoisotopic (exact) mass is 277 g/mol. The molecule has 0 spiro atoms. The van der Waals surface area contributed by atoms with Crippen molar-refractivity contribution in [3.8, 4) is 0 Å². The average molecular weight is 277 g/mol. The largest absolute Gasteiger partial charge is 0.370 e. The van der Waals surface area contributed by atoms with Crippen LogP contribution in [0.4, 0.5) is 0 Å². The Hall–Kier alpha value is -0.730. The molecule has 2 aliphatic carbocycles. The summed E-state index contributed by atoms with van der Waals surface area (Å²) in [6.07, 6.45) is 15.2. The molecule has 2 fully saturated rings. The fraction of sp³-hybridized carbons (Fsp3) is 0.941. The summed E-state index contributed by atoms with van der Waals surface area (Å²) in [6.45, 7) is 3.37. The Morgan fingerprint density at radius 3 is 2.15 bits per heavy atom. The van der Waals surface area contributed by atoms with Gasteiger partial charge < -0.3 is 10.6 Å². The van der Waals surface area contributed by atoms with Gasteiger partial charge in [0.2, 0.25) is 0 Å². The summed E-state index contributed by atoms with van der Waals surface area (Å²) in [5, 5.41) is 0. The highest BCUT2D eigenvalue weighted by Gasteiger charge is 2.47. The number of aliphatic imine (C=N–C) groups is 1. The molecule has 3 rings (SSSR count). The van der Waals surface area contributed by atoms with E-state index in [0.29, 0.717) is 6.04 Å². The Labute approximate surface area is 124 Å². The summed E-state index contributed by atoms with van der Waals surface area (Å²) >= 11 is 0. The van der Waals surface area contributed by atoms with E-state index in [1.54, 1.807) is 0 Å². The van der Waals surface area contributed by atoms with Crippen LogP contribution in [0.25, 0.3) is 0 Å². The Balaban J connectivity index is 1.78. The second kappa shape index (κ2) is 5.95. The smallest absolute Gasteiger partial charge is 0.192 e. The Kier molecular flexibility index (Phi) is 4.23. The molecule has 3 heteroatoms. The number of nitrogens with zero attached hydrogens (tertiary/aromatic N) is 2. The lowest BCUT2D eigenvalue weighted by molar-refractivity contribution is 0.0701. The van der Waals surface area contributed by atoms with Crippen molar-refractivity contribution in [1.82, 2.24) is 4.90 Å². The molecule has 0 saturated heterocycles. The van der Waals surface area contributed by atoms with Crippen LogP contribution in [0.3, 0.4) is 0 Å². The zero-order valence-electron chi connectivity index (χ0n) is 13.1. The number of rotatable bonds is 2. The van der Waals surface area contributed by atoms with Crippen LogP contribution >= 0.6 is 0 Å². The summed E-state index contributed by atoms with van der Waals surface area (Å²) < 4.78 is 0. The molecule has 2 saturated carbocycles. The molecule has 3 nitrogen and oxygen atoms in total. The van der Waals surface area contributed by atoms with Gasteiger partial charge in [-0.3, -0.25) is 4.99 Å². The summed E-state index contributed by atoms with van der Waals surface area (Å²) in [5.41, 5.74) is 6.53. The van der Waals surface area contributed by atoms with E-state index >= 15 is 0 Å². The van der Waals surface area contributed by atoms with Crippen LogP contribution in [-0.4, -0.2) is 29.0 Å². The van der Waals surface area contributed by atoms with E-state index in [1.165, 1.54) is 70.6 Å². The van der Waals surface area contributed by atoms with E-state index in [1.807, 2.05) is 0 Å². The maximum atomic E-state index is 6.32. The van der Waals surface area contributed by atoms with Gasteiger partial charge in [-0.05, 0) is 38.5 Å². The SMILES string of the molecule is CC1(C2CCCCC2)CN=C(N)N1C1CCCCCC1. The van der Waals surface area contributed by atoms with E-state index in [0.717, 1.165) is 18.4 Å². The zero-order chi connectivity index (χ0) is 14.0. The fourth-order valence-electron chi connectivity index (χ4n) is 4.83. The Morgan fingerprint density at radius 2 is 1.50 bits per heavy atom. The molecular formula is C17H31N3. The highest BCUT2D eigenvalue weighted by atomic mass is 15.4. The summed E-state index contributed by atoms with van der Waals surface area (Å²) in [6, 6.07) is 0.649. The predicted octanol–water partition coefficient (Wildman–Crippen LogP) is 3.68. The fourth-order valence-corrected chi connectivity index (χ4v) is 4.83. The van der Waals surface area contributed by atoms with Gasteiger partial charge in [-0.15, -0.1) is 0 Å². The number of nitrogens with two attached hydrogens (primary N) is 1. The summed E-state index contributed by atoms with van der Waals surface area (Å²) in [4.78, 5) is 7.24. The molecule has 20 heavy (non-hydrogen) atoms. The Morgan fingerprint density at radius 1 is 0.950 bits per heavy atom. The van der Waals surface area contributed by atoms with Crippen molar-refractivity contribution in [1.29, 1.82) is 0 Å². The van der Waals surface area contributed by atoms with Crippen LogP contribution in [0, 0.1) is 5.92 Å². The van der Waals surface area contributed by atoms with Crippen LogP contribution in [-0.2, 0) is 0 Å². The second-order valence-corrected chi connectivity index (χ2v) is 7.38. The first-order valence-electron chi connectivity index (χ1n) is 8.81. The van der Waals surface area contributed by atoms with Crippen molar-refractivity contribution in [2.24, 2.45) is 16.6 Å². The summed E-state index contributed by atoms with van der Waals surface area (Å²) in [7, 11) is 0. The molecule has 0 aromatic heterocycles. The summed E-state index contributed by atoms with van der Waals surface area (Å²) in [5.74, 6) is 1.63. The van der Waals surface area contributed by atoms with Crippen molar-refractivity contribution in [3.05, 3.63) is 0 Å². The minimum Gasteiger partial charge on any atom is -0.370 e. The first kappa shape index (κ1) is 14.2. The van der Waals surface area contributed by atoms with E-state index < -0.39 is 0 Å². The molecule has 1 aliphatic heterocycles. The molecule has 0 bridgehead atoms. The second-order valence-electron chi connectivity index (χ2n) is 7.38. The van der Waals surface area contributed by atoms with Gasteiger partial charge in [0.1, 0.15) is 0 Å². The van der Waals surface area contributed by atoms with Gasteiger partial charge in [-0.1, -0.05) is 44.9 Å². The van der Waals surface area contributed by atoms with E-state index in [9.17, 15) is 0 Å². The lowest BCUT2D eigenvalue weighted by atomic mass is 9.74. The number of hydrogen-bond donors (Lipinski definition) is 1. The van der Waals surface area contributed by atoms with Gasteiger partial charge in [-0.2, -0.15) is 0 Å². The third kappa shape index (κ3) is 2.56. The average Bonchev–Trinajstić information content (AvgIpc) is 2.68. The van der Waals surface area contributed by atoms with Crippen molar-refractivity contribution in [2.45, 2.75) is 89.1 Å². The van der Waals surface area contributed by atoms with Crippen molar-refractivity contribution in [3.63, 3.8) is 0 Å². The van der Waals surface area contributed by atoms with Crippen LogP contribution in [0.15, 0.2) is 4.99 Å². The molecule has 3 aliphatic rings. The number of hydrogen-bond acceptors (Lipinski definition) is 3. The lowest BCUT2D eigenvalue weighted by Gasteiger charge is -2.47. The molecule has 1 unspecified atom stereocenters. The molecule has 0 radical (unpaired) electrons. The highest BCUT2D eigenvalue weighted by Crippen LogP contribution is 2.41. The quantitative estimate of drug-likeness (QED) is 0.782. The third-order valence-corrected chi connectivity index (χ3v) is 6.03. The minimum atomic E-state index is 0.208. The first-order chi connectivity index (χ1) is 9.72. The standard InChI is InChI=1S/C17H31N3/c1-17(14-9-5-4-6-10-14)13-19-16(18)20(17)15-11-7-2-3-8-12-15/h14-15H,2-13H2,1H3,(H2,18,19). The van der Waals surface area contributed by atoms with Crippen LogP contribution < -0.4 is 5.73 Å². The molecule has 2 N–H and O–H groups in total. The van der Waals surface area contributed by atoms with E-state index in [4.69, 9.17) is 5.73 Å². The molecule has 1 atom stereocenters. The Bertz CT molecular complexity index is 351. The predicted molar refractivity (Wildman–Crippen MR) is 84.8 cm³/mol. The molecular weight excluding hydrogens is 246 g/mol. The van der Waals surface area contributed by atoms with Crippen molar-refractivity contribution >= 4 is 5.96 Å². The lowest BCUT2D eigenvalue weighted by Crippen LogP contribution is -2.58. The van der Waals surface area contributed by atoms with E-state index in [2.05, 4.69) is 16.8 Å². The normalized spacial score (nSPS) is 34.0. The van der Waals surface area contributed by atoms with Gasteiger partial charge in [-0.25, -0.2) is 0 Å². The van der Waals surface area contributed by atoms with Crippen LogP contribution in [0.2, 0.25) is 0 Å². The van der Waals surface area contributed by atoms with E-state index in [-0.39, 0.29) is 5.54 Å². The van der Waals surface area contributed by atoms with Gasteiger partial charge in [0.15, 0.2) is 5.96 Å². The topological polar surface area (TPSA) is 41.6 Å².